The molecule has 1 aromatic heterocycles. The maximum absolute atomic E-state index is 12.6. The summed E-state index contributed by atoms with van der Waals surface area (Å²) >= 11 is 0. The van der Waals surface area contributed by atoms with Crippen LogP contribution >= 0.6 is 0 Å². The molecule has 1 aromatic rings. The van der Waals surface area contributed by atoms with Crippen LogP contribution in [-0.2, 0) is 11.8 Å². The summed E-state index contributed by atoms with van der Waals surface area (Å²) in [4.78, 5) is 11.4. The molecule has 0 saturated carbocycles. The second-order valence-electron chi connectivity index (χ2n) is 3.70. The predicted octanol–water partition coefficient (Wildman–Crippen LogP) is 0.437. The molecule has 5 nitrogen and oxygen atoms in total. The quantitative estimate of drug-likeness (QED) is 0.761. The highest BCUT2D eigenvalue weighted by atomic mass is 19.3. The molecule has 1 heterocycles. The van der Waals surface area contributed by atoms with Gasteiger partial charge in [-0.3, -0.25) is 9.48 Å². The number of amides is 1. The van der Waals surface area contributed by atoms with Crippen LogP contribution in [0.4, 0.5) is 17.6 Å². The number of hydrogen-bond donors (Lipinski definition) is 2. The van der Waals surface area contributed by atoms with Crippen LogP contribution in [0, 0.1) is 0 Å². The van der Waals surface area contributed by atoms with Gasteiger partial charge in [-0.25, -0.2) is 8.78 Å². The first-order valence-corrected chi connectivity index (χ1v) is 4.92. The maximum atomic E-state index is 12.6. The van der Waals surface area contributed by atoms with E-state index < -0.39 is 30.8 Å². The van der Waals surface area contributed by atoms with E-state index in [1.807, 2.05) is 0 Å². The normalized spacial score (nSPS) is 13.7. The number of hydrogen-bond acceptors (Lipinski definition) is 3. The zero-order valence-electron chi connectivity index (χ0n) is 9.41. The third kappa shape index (κ3) is 3.42. The van der Waals surface area contributed by atoms with Gasteiger partial charge in [-0.2, -0.15) is 13.9 Å². The Balaban J connectivity index is 2.56. The summed E-state index contributed by atoms with van der Waals surface area (Å²) in [5.41, 5.74) is 5.76. The third-order valence-electron chi connectivity index (χ3n) is 2.18. The van der Waals surface area contributed by atoms with Gasteiger partial charge in [-0.05, 0) is 0 Å². The van der Waals surface area contributed by atoms with Gasteiger partial charge in [0.1, 0.15) is 6.04 Å². The Bertz CT molecular complexity index is 420. The minimum atomic E-state index is -4.27. The molecule has 0 aliphatic rings. The van der Waals surface area contributed by atoms with Crippen molar-refractivity contribution in [2.45, 2.75) is 18.4 Å². The number of aromatic nitrogens is 2. The summed E-state index contributed by atoms with van der Waals surface area (Å²) in [5, 5.41) is 5.43. The molecule has 0 fully saturated rings. The second-order valence-corrected chi connectivity index (χ2v) is 3.70. The number of halogens is 4. The average molecular weight is 268 g/mol. The number of nitrogens with zero attached hydrogens (tertiary/aromatic N) is 2. The molecule has 0 aliphatic heterocycles. The lowest BCUT2D eigenvalue weighted by Gasteiger charge is -2.17. The number of carbonyl (C=O) groups excluding carboxylic acids is 1. The van der Waals surface area contributed by atoms with Crippen molar-refractivity contribution in [2.75, 3.05) is 6.54 Å². The van der Waals surface area contributed by atoms with E-state index in [0.29, 0.717) is 5.56 Å². The molecule has 0 radical (unpaired) electrons. The standard InChI is InChI=1S/C9H12F4N4O/c1-17-3-5(2-16-17)6(14)7(18)15-4-9(12,13)8(10)11/h2-3,6,8H,4,14H2,1H3,(H,15,18). The Kier molecular flexibility index (Phi) is 4.28. The van der Waals surface area contributed by atoms with Crippen molar-refractivity contribution in [1.29, 1.82) is 0 Å². The first kappa shape index (κ1) is 14.4. The van der Waals surface area contributed by atoms with Gasteiger partial charge in [0.2, 0.25) is 5.91 Å². The van der Waals surface area contributed by atoms with Gasteiger partial charge >= 0.3 is 12.3 Å². The number of rotatable bonds is 5. The molecule has 3 N–H and O–H groups in total. The molecule has 9 heteroatoms. The van der Waals surface area contributed by atoms with Gasteiger partial charge in [-0.1, -0.05) is 0 Å². The van der Waals surface area contributed by atoms with Gasteiger partial charge in [-0.15, -0.1) is 0 Å². The lowest BCUT2D eigenvalue weighted by atomic mass is 10.1. The summed E-state index contributed by atoms with van der Waals surface area (Å²) in [5.74, 6) is -5.24. The van der Waals surface area contributed by atoms with Gasteiger partial charge in [0.25, 0.3) is 0 Å². The van der Waals surface area contributed by atoms with Crippen molar-refractivity contribution in [3.8, 4) is 0 Å². The van der Waals surface area contributed by atoms with Crippen molar-refractivity contribution in [3.05, 3.63) is 18.0 Å². The Morgan fingerprint density at radius 3 is 2.67 bits per heavy atom. The van der Waals surface area contributed by atoms with Crippen LogP contribution in [0.3, 0.4) is 0 Å². The van der Waals surface area contributed by atoms with Gasteiger partial charge in [0.15, 0.2) is 0 Å². The minimum absolute atomic E-state index is 0.301. The van der Waals surface area contributed by atoms with E-state index in [4.69, 9.17) is 5.73 Å². The molecular formula is C9H12F4N4O. The smallest absolute Gasteiger partial charge is 0.324 e. The molecule has 0 aromatic carbocycles. The monoisotopic (exact) mass is 268 g/mol. The van der Waals surface area contributed by atoms with Crippen molar-refractivity contribution in [2.24, 2.45) is 12.8 Å². The van der Waals surface area contributed by atoms with Crippen molar-refractivity contribution < 1.29 is 22.4 Å². The summed E-state index contributed by atoms with van der Waals surface area (Å²) < 4.78 is 50.2. The number of aryl methyl sites for hydroxylation is 1. The second kappa shape index (κ2) is 5.34. The maximum Gasteiger partial charge on any atom is 0.324 e. The van der Waals surface area contributed by atoms with Crippen LogP contribution in [0.1, 0.15) is 11.6 Å². The van der Waals surface area contributed by atoms with E-state index in [0.717, 1.165) is 0 Å². The molecule has 0 spiro atoms. The Morgan fingerprint density at radius 2 is 2.22 bits per heavy atom. The van der Waals surface area contributed by atoms with E-state index in [1.54, 1.807) is 12.4 Å². The fourth-order valence-electron chi connectivity index (χ4n) is 1.14. The summed E-state index contributed by atoms with van der Waals surface area (Å²) in [6.07, 6.45) is -1.13. The lowest BCUT2D eigenvalue weighted by molar-refractivity contribution is -0.137. The summed E-state index contributed by atoms with van der Waals surface area (Å²) in [6.45, 7) is -1.46. The minimum Gasteiger partial charge on any atom is -0.348 e. The molecule has 1 unspecified atom stereocenters. The number of nitrogens with one attached hydrogen (secondary N) is 1. The number of carbonyl (C=O) groups is 1. The Hall–Kier alpha value is -1.64. The van der Waals surface area contributed by atoms with Crippen LogP contribution in [0.15, 0.2) is 12.4 Å². The highest BCUT2D eigenvalue weighted by Crippen LogP contribution is 2.21. The molecule has 1 atom stereocenters. The molecule has 0 aliphatic carbocycles. The largest absolute Gasteiger partial charge is 0.348 e. The van der Waals surface area contributed by atoms with Crippen molar-refractivity contribution >= 4 is 5.91 Å². The van der Waals surface area contributed by atoms with Crippen LogP contribution in [0.5, 0.6) is 0 Å². The molecule has 1 amide bonds. The van der Waals surface area contributed by atoms with Gasteiger partial charge < -0.3 is 11.1 Å². The van der Waals surface area contributed by atoms with E-state index >= 15 is 0 Å². The Morgan fingerprint density at radius 1 is 1.61 bits per heavy atom. The zero-order valence-corrected chi connectivity index (χ0v) is 9.41. The first-order valence-electron chi connectivity index (χ1n) is 4.92. The molecule has 0 saturated heterocycles. The zero-order chi connectivity index (χ0) is 13.9. The number of nitrogens with two attached hydrogens (primary N) is 1. The fourth-order valence-corrected chi connectivity index (χ4v) is 1.14. The van der Waals surface area contributed by atoms with Crippen LogP contribution in [0.2, 0.25) is 0 Å². The molecule has 1 rings (SSSR count). The van der Waals surface area contributed by atoms with Crippen molar-refractivity contribution in [1.82, 2.24) is 15.1 Å². The average Bonchev–Trinajstić information content (AvgIpc) is 2.71. The third-order valence-corrected chi connectivity index (χ3v) is 2.18. The topological polar surface area (TPSA) is 72.9 Å². The van der Waals surface area contributed by atoms with Gasteiger partial charge in [0, 0.05) is 18.8 Å². The summed E-state index contributed by atoms with van der Waals surface area (Å²) in [6, 6.07) is -1.23. The molecule has 102 valence electrons. The molecular weight excluding hydrogens is 256 g/mol. The van der Waals surface area contributed by atoms with E-state index in [1.165, 1.54) is 17.1 Å². The summed E-state index contributed by atoms with van der Waals surface area (Å²) in [7, 11) is 1.58. The highest BCUT2D eigenvalue weighted by molar-refractivity contribution is 5.82. The predicted molar refractivity (Wildman–Crippen MR) is 54.1 cm³/mol. The SMILES string of the molecule is Cn1cc(C(N)C(=O)NCC(F)(F)C(F)F)cn1. The fraction of sp³-hybridized carbons (Fsp3) is 0.556. The highest BCUT2D eigenvalue weighted by Gasteiger charge is 2.41. The molecule has 0 bridgehead atoms. The van der Waals surface area contributed by atoms with Crippen LogP contribution in [-0.4, -0.2) is 34.6 Å². The van der Waals surface area contributed by atoms with E-state index in [-0.39, 0.29) is 0 Å². The Labute approximate surface area is 99.9 Å². The van der Waals surface area contributed by atoms with Crippen LogP contribution < -0.4 is 11.1 Å². The van der Waals surface area contributed by atoms with E-state index in [2.05, 4.69) is 5.10 Å². The first-order chi connectivity index (χ1) is 8.24. The molecule has 18 heavy (non-hydrogen) atoms. The van der Waals surface area contributed by atoms with Crippen LogP contribution in [0.25, 0.3) is 0 Å². The van der Waals surface area contributed by atoms with Gasteiger partial charge in [0.05, 0.1) is 12.7 Å². The number of alkyl halides is 4. The van der Waals surface area contributed by atoms with E-state index in [9.17, 15) is 22.4 Å². The lowest BCUT2D eigenvalue weighted by Crippen LogP contribution is -2.44. The van der Waals surface area contributed by atoms with Crippen molar-refractivity contribution in [3.63, 3.8) is 0 Å².